The fraction of sp³-hybridized carbons (Fsp3) is 0. The standard InChI is InChI=1S/C76H44N4O12S4.Cu/c81-93(82,83)53-25-17-41(18-26-53)65-69-57-33-45-9-1-2-10-46(45)34-58(57)70(77-69)66(42-19-27-54(28-20-42)94(84,85)86)72-61-37-49-13-5-6-14-50(49)38-62(61)74(79-72)68(44-23-31-56(32-24-44)96(90,91)92)76-64-40-52-16-8-7-15-51(52)39-63(64)75(80-76)67(43-21-29-55(30-22-43)95(87,88)89)73-60-36-48-12-4-3-11-47(48)35-59(60)71(65)78-73;/h1-40H,(H,81,82,83)(H,84,85,86)(H,87,88,89)(H,90,91,92);/q-2;+2. The molecule has 0 unspecified atom stereocenters. The number of hydrogen-bond donors (Lipinski definition) is 4. The van der Waals surface area contributed by atoms with E-state index in [9.17, 15) is 51.9 Å². The van der Waals surface area contributed by atoms with Crippen molar-refractivity contribution in [3.05, 3.63) is 243 Å². The van der Waals surface area contributed by atoms with Gasteiger partial charge in [-0.1, -0.05) is 146 Å². The van der Waals surface area contributed by atoms with Gasteiger partial charge in [-0.2, -0.15) is 33.7 Å². The Morgan fingerprint density at radius 2 is 0.423 bits per heavy atom. The Morgan fingerprint density at radius 1 is 0.247 bits per heavy atom. The third-order valence-corrected chi connectivity index (χ3v) is 21.6. The Kier molecular flexibility index (Phi) is 14.1. The van der Waals surface area contributed by atoms with E-state index in [0.717, 1.165) is 43.1 Å². The summed E-state index contributed by atoms with van der Waals surface area (Å²) < 4.78 is 146. The van der Waals surface area contributed by atoms with E-state index in [1.54, 1.807) is 48.5 Å². The zero-order chi connectivity index (χ0) is 65.9. The van der Waals surface area contributed by atoms with Crippen molar-refractivity contribution in [3.63, 3.8) is 0 Å². The van der Waals surface area contributed by atoms with Crippen LogP contribution in [0.5, 0.6) is 0 Å². The maximum atomic E-state index is 12.9. The second kappa shape index (κ2) is 22.3. The molecule has 1 radical (unpaired) electrons. The van der Waals surface area contributed by atoms with Crippen molar-refractivity contribution in [1.82, 2.24) is 19.9 Å². The minimum Gasteiger partial charge on any atom is -0.656 e. The van der Waals surface area contributed by atoms with Crippen LogP contribution in [-0.4, -0.2) is 61.9 Å². The van der Waals surface area contributed by atoms with Crippen LogP contribution in [0, 0.1) is 0 Å². The summed E-state index contributed by atoms with van der Waals surface area (Å²) in [6, 6.07) is 70.0. The fourth-order valence-electron chi connectivity index (χ4n) is 13.7. The second-order valence-corrected chi connectivity index (χ2v) is 29.4. The van der Waals surface area contributed by atoms with E-state index in [0.29, 0.717) is 133 Å². The van der Waals surface area contributed by atoms with Gasteiger partial charge in [-0.15, -0.1) is 22.1 Å². The van der Waals surface area contributed by atoms with Crippen LogP contribution in [0.1, 0.15) is 0 Å². The number of aromatic nitrogens is 4. The second-order valence-electron chi connectivity index (χ2n) is 23.7. The Hall–Kier alpha value is -10.5. The maximum Gasteiger partial charge on any atom is 2.00 e. The zero-order valence-corrected chi connectivity index (χ0v) is 54.1. The molecule has 16 nitrogen and oxygen atoms in total. The largest absolute Gasteiger partial charge is 2.00 e. The minimum atomic E-state index is -4.74. The molecule has 14 aromatic rings. The molecule has 12 aromatic carbocycles. The Balaban J connectivity index is 0.00000738. The predicted octanol–water partition coefficient (Wildman–Crippen LogP) is 16.8. The van der Waals surface area contributed by atoms with Crippen LogP contribution in [0.15, 0.2) is 262 Å². The molecule has 4 heterocycles. The van der Waals surface area contributed by atoms with Gasteiger partial charge in [0.15, 0.2) is 0 Å². The first-order valence-electron chi connectivity index (χ1n) is 29.9. The first kappa shape index (κ1) is 61.4. The summed E-state index contributed by atoms with van der Waals surface area (Å²) in [5.41, 5.74) is 8.37. The summed E-state index contributed by atoms with van der Waals surface area (Å²) in [5, 5.41) is 8.87. The number of rotatable bonds is 8. The van der Waals surface area contributed by atoms with Crippen molar-refractivity contribution in [2.45, 2.75) is 19.6 Å². The monoisotopic (exact) mass is 1400 g/mol. The summed E-state index contributed by atoms with van der Waals surface area (Å²) in [6.45, 7) is 0. The van der Waals surface area contributed by atoms with Gasteiger partial charge in [0.25, 0.3) is 40.5 Å². The molecule has 0 amide bonds. The van der Waals surface area contributed by atoms with E-state index in [2.05, 4.69) is 0 Å². The number of benzene rings is 12. The molecule has 0 saturated carbocycles. The average Bonchev–Trinajstić information content (AvgIpc) is 1.56. The van der Waals surface area contributed by atoms with Crippen LogP contribution in [0.2, 0.25) is 0 Å². The van der Waals surface area contributed by atoms with Crippen LogP contribution in [-0.2, 0) is 57.5 Å². The molecule has 475 valence electrons. The van der Waals surface area contributed by atoms with E-state index >= 15 is 0 Å². The fourth-order valence-corrected chi connectivity index (χ4v) is 15.6. The van der Waals surface area contributed by atoms with Gasteiger partial charge in [-0.25, -0.2) is 9.97 Å². The summed E-state index contributed by atoms with van der Waals surface area (Å²) >= 11 is 0. The minimum absolute atomic E-state index is 0. The molecule has 21 heteroatoms. The average molecular weight is 1400 g/mol. The smallest absolute Gasteiger partial charge is 0.656 e. The van der Waals surface area contributed by atoms with Crippen LogP contribution in [0.3, 0.4) is 0 Å². The van der Waals surface area contributed by atoms with Gasteiger partial charge in [0.05, 0.1) is 42.4 Å². The van der Waals surface area contributed by atoms with Crippen molar-refractivity contribution in [2.24, 2.45) is 0 Å². The zero-order valence-electron chi connectivity index (χ0n) is 49.9. The molecule has 1 aliphatic carbocycles. The van der Waals surface area contributed by atoms with Crippen molar-refractivity contribution in [3.8, 4) is 89.5 Å². The van der Waals surface area contributed by atoms with Gasteiger partial charge in [0.1, 0.15) is 0 Å². The van der Waals surface area contributed by atoms with Crippen molar-refractivity contribution >= 4 is 127 Å². The molecular weight excluding hydrogens is 1350 g/mol. The summed E-state index contributed by atoms with van der Waals surface area (Å²) in [4.78, 5) is 21.8. The number of fused-ring (bicyclic) bond motifs is 4. The van der Waals surface area contributed by atoms with Crippen molar-refractivity contribution in [2.75, 3.05) is 0 Å². The SMILES string of the molecule is O=S(=O)(O)c1ccc(-c2c3nc(c(-c4ccc(S(=O)(=O)O)cc4)c4[n-]c(c(-c5ccc(S(=O)(=O)O)cc5)c5nc(c(-c6ccc(S(=O)(=O)O)cc6)c6[n-]c2c2cc7ccccc7cc62)-c2cc6ccccc6cc2-5)c2cc5ccccc5cc42)-c2cc4ccccc4cc2-3)cc1.[Cu+2]. The Labute approximate surface area is 563 Å². The van der Waals surface area contributed by atoms with E-state index in [1.807, 2.05) is 146 Å². The topological polar surface area (TPSA) is 271 Å². The number of hydrogen-bond acceptors (Lipinski definition) is 10. The molecule has 0 fully saturated rings. The van der Waals surface area contributed by atoms with Crippen LogP contribution in [0.25, 0.3) is 176 Å². The normalized spacial score (nSPS) is 12.6. The summed E-state index contributed by atoms with van der Waals surface area (Å²) in [5.74, 6) is 0. The van der Waals surface area contributed by atoms with Gasteiger partial charge < -0.3 is 9.97 Å². The molecular formula is C76H44CuN4O12S4. The van der Waals surface area contributed by atoms with Gasteiger partial charge in [0.2, 0.25) is 0 Å². The van der Waals surface area contributed by atoms with Crippen molar-refractivity contribution < 1.29 is 69.0 Å². The van der Waals surface area contributed by atoms with Gasteiger partial charge >= 0.3 is 17.1 Å². The molecule has 8 bridgehead atoms. The molecule has 0 saturated heterocycles. The third-order valence-electron chi connectivity index (χ3n) is 18.1. The molecule has 2 aromatic heterocycles. The quantitative estimate of drug-likeness (QED) is 0.0813. The molecule has 4 N–H and O–H groups in total. The van der Waals surface area contributed by atoms with E-state index in [4.69, 9.17) is 19.9 Å². The van der Waals surface area contributed by atoms with E-state index < -0.39 is 40.5 Å². The first-order valence-corrected chi connectivity index (χ1v) is 35.6. The predicted molar refractivity (Wildman–Crippen MR) is 374 cm³/mol. The molecule has 97 heavy (non-hydrogen) atoms. The van der Waals surface area contributed by atoms with Crippen LogP contribution < -0.4 is 9.97 Å². The molecule has 0 atom stereocenters. The maximum absolute atomic E-state index is 12.9. The van der Waals surface area contributed by atoms with E-state index in [-0.39, 0.29) is 36.7 Å². The van der Waals surface area contributed by atoms with Crippen LogP contribution >= 0.6 is 0 Å². The first-order chi connectivity index (χ1) is 46.1. The summed E-state index contributed by atoms with van der Waals surface area (Å²) in [7, 11) is -19.0. The van der Waals surface area contributed by atoms with E-state index in [1.165, 1.54) is 48.5 Å². The summed E-state index contributed by atoms with van der Waals surface area (Å²) in [6.07, 6.45) is 0. The number of nitrogens with zero attached hydrogens (tertiary/aromatic N) is 4. The molecule has 17 rings (SSSR count). The molecule has 0 spiro atoms. The van der Waals surface area contributed by atoms with Crippen LogP contribution in [0.4, 0.5) is 0 Å². The van der Waals surface area contributed by atoms with Crippen molar-refractivity contribution in [1.29, 1.82) is 0 Å². The van der Waals surface area contributed by atoms with Gasteiger partial charge in [-0.05, 0) is 206 Å². The molecule has 2 aliphatic heterocycles. The third kappa shape index (κ3) is 10.2. The Morgan fingerprint density at radius 3 is 0.598 bits per heavy atom. The van der Waals surface area contributed by atoms with Gasteiger partial charge in [-0.3, -0.25) is 18.2 Å². The van der Waals surface area contributed by atoms with Gasteiger partial charge in [0, 0.05) is 22.3 Å². The Bertz CT molecular complexity index is 5870. The molecule has 3 aliphatic rings.